The van der Waals surface area contributed by atoms with E-state index in [1.807, 2.05) is 0 Å². The standard InChI is InChI=1S/Ca.ClHO3.2ClH/c;2-1(3)4;;/h;2H;2*1H/q+2;;;/p-2. The molecule has 3 nitrogen and oxygen atoms in total. The largest absolute Gasteiger partial charge is 2.00 e. The van der Waals surface area contributed by atoms with E-state index in [1.165, 1.54) is 0 Å². The SMILES string of the molecule is [Ca+2].[Cl-].[Cl-].[O-][Cl+2]([O-])O. The first kappa shape index (κ1) is 23.0. The van der Waals surface area contributed by atoms with Crippen LogP contribution in [0.25, 0.3) is 0 Å². The number of halogens is 3. The van der Waals surface area contributed by atoms with E-state index < -0.39 is 10.8 Å². The molecule has 0 aliphatic heterocycles. The molecule has 0 saturated carbocycles. The first-order valence-electron chi connectivity index (χ1n) is 0.478. The molecule has 0 heterocycles. The van der Waals surface area contributed by atoms with Crippen molar-refractivity contribution in [3.63, 3.8) is 0 Å². The minimum absolute atomic E-state index is 0. The van der Waals surface area contributed by atoms with Gasteiger partial charge in [-0.1, -0.05) is 0 Å². The second-order valence-electron chi connectivity index (χ2n) is 0.201. The van der Waals surface area contributed by atoms with E-state index in [0.717, 1.165) is 0 Å². The van der Waals surface area contributed by atoms with Crippen LogP contribution in [-0.4, -0.2) is 42.4 Å². The van der Waals surface area contributed by atoms with Crippen molar-refractivity contribution in [1.29, 1.82) is 0 Å². The maximum Gasteiger partial charge on any atom is 2.00 e. The van der Waals surface area contributed by atoms with Gasteiger partial charge < -0.3 is 34.1 Å². The van der Waals surface area contributed by atoms with E-state index in [9.17, 15) is 0 Å². The summed E-state index contributed by atoms with van der Waals surface area (Å²) in [7, 11) is -2.60. The van der Waals surface area contributed by atoms with Gasteiger partial charge in [0.1, 0.15) is 0 Å². The Bertz CT molecular complexity index is 14.9. The van der Waals surface area contributed by atoms with Crippen LogP contribution in [0.4, 0.5) is 0 Å². The first-order valence-corrected chi connectivity index (χ1v) is 1.43. The third-order valence-corrected chi connectivity index (χ3v) is 0. The quantitative estimate of drug-likeness (QED) is 0.391. The predicted octanol–water partition coefficient (Wildman–Crippen LogP) is -9.31. The molecule has 0 unspecified atom stereocenters. The summed E-state index contributed by atoms with van der Waals surface area (Å²) in [4.78, 5) is 0. The van der Waals surface area contributed by atoms with Crippen LogP contribution in [0.3, 0.4) is 0 Å². The minimum Gasteiger partial charge on any atom is -1.00 e. The number of hydrogen-bond donors (Lipinski definition) is 1. The van der Waals surface area contributed by atoms with Gasteiger partial charge in [0.15, 0.2) is 0 Å². The van der Waals surface area contributed by atoms with Gasteiger partial charge in [-0.25, -0.2) is 0 Å². The van der Waals surface area contributed by atoms with Crippen LogP contribution in [0.15, 0.2) is 0 Å². The van der Waals surface area contributed by atoms with Crippen LogP contribution < -0.4 is 34.1 Å². The van der Waals surface area contributed by atoms with Crippen LogP contribution in [0.1, 0.15) is 0 Å². The molecule has 0 spiro atoms. The zero-order valence-corrected chi connectivity index (χ0v) is 7.58. The third-order valence-electron chi connectivity index (χ3n) is 0. The fourth-order valence-electron chi connectivity index (χ4n) is 0. The predicted molar refractivity (Wildman–Crippen MR) is 7.97 cm³/mol. The molecule has 0 radical (unpaired) electrons. The summed E-state index contributed by atoms with van der Waals surface area (Å²) in [5.74, 6) is 0. The Morgan fingerprint density at radius 2 is 1.14 bits per heavy atom. The molecule has 1 N–H and O–H groups in total. The van der Waals surface area contributed by atoms with Crippen LogP contribution in [0.2, 0.25) is 0 Å². The summed E-state index contributed by atoms with van der Waals surface area (Å²) < 4.78 is 24.0. The number of rotatable bonds is 0. The van der Waals surface area contributed by atoms with Crippen molar-refractivity contribution in [2.75, 3.05) is 0 Å². The van der Waals surface area contributed by atoms with Crippen LogP contribution in [-0.2, 0) is 0 Å². The van der Waals surface area contributed by atoms with Gasteiger partial charge in [0.2, 0.25) is 0 Å². The molecule has 0 aromatic carbocycles. The molecule has 0 atom stereocenters. The molecule has 0 aromatic rings. The maximum absolute atomic E-state index is 8.52. The van der Waals surface area contributed by atoms with Gasteiger partial charge >= 0.3 is 37.7 Å². The Labute approximate surface area is 86.3 Å². The van der Waals surface area contributed by atoms with E-state index in [1.54, 1.807) is 0 Å². The third kappa shape index (κ3) is 71.6. The van der Waals surface area contributed by atoms with Gasteiger partial charge in [-0.3, -0.25) is 0 Å². The smallest absolute Gasteiger partial charge is 1.00 e. The van der Waals surface area contributed by atoms with Crippen molar-refractivity contribution < 1.29 is 49.6 Å². The molecular formula is HCaCl3O3. The average Bonchev–Trinajstić information content (AvgIpc) is 0.811. The van der Waals surface area contributed by atoms with E-state index >= 15 is 0 Å². The summed E-state index contributed by atoms with van der Waals surface area (Å²) in [6.45, 7) is 0. The van der Waals surface area contributed by atoms with Crippen molar-refractivity contribution in [3.05, 3.63) is 0 Å². The van der Waals surface area contributed by atoms with Gasteiger partial charge in [0.25, 0.3) is 10.8 Å². The second kappa shape index (κ2) is 15.7. The molecule has 0 bridgehead atoms. The van der Waals surface area contributed by atoms with Crippen molar-refractivity contribution in [3.8, 4) is 0 Å². The summed E-state index contributed by atoms with van der Waals surface area (Å²) in [6, 6.07) is 0. The first-order chi connectivity index (χ1) is 1.73. The van der Waals surface area contributed by atoms with Gasteiger partial charge in [-0.2, -0.15) is 0 Å². The number of hydrogen-bond acceptors (Lipinski definition) is 3. The Hall–Kier alpha value is 2.01. The molecular weight excluding hydrogens is 194 g/mol. The van der Waals surface area contributed by atoms with E-state index in [4.69, 9.17) is 14.0 Å². The Morgan fingerprint density at radius 3 is 1.14 bits per heavy atom. The Morgan fingerprint density at radius 1 is 1.14 bits per heavy atom. The normalized spacial score (nSPS) is 5.14. The van der Waals surface area contributed by atoms with Crippen molar-refractivity contribution in [2.45, 2.75) is 0 Å². The molecule has 0 rings (SSSR count). The van der Waals surface area contributed by atoms with E-state index in [2.05, 4.69) is 0 Å². The Kier molecular flexibility index (Phi) is 51.6. The minimum atomic E-state index is -2.60. The molecule has 0 saturated heterocycles. The summed E-state index contributed by atoms with van der Waals surface area (Å²) in [5, 5.41) is 0. The van der Waals surface area contributed by atoms with Crippen molar-refractivity contribution >= 4 is 37.7 Å². The fraction of sp³-hybridized carbons (Fsp3) is 0. The van der Waals surface area contributed by atoms with Crippen LogP contribution >= 0.6 is 0 Å². The molecule has 7 heteroatoms. The van der Waals surface area contributed by atoms with Gasteiger partial charge in [0, 0.05) is 4.66 Å². The maximum atomic E-state index is 8.52. The summed E-state index contributed by atoms with van der Waals surface area (Å²) >= 11 is 0. The second-order valence-corrected chi connectivity index (χ2v) is 0.603. The fourth-order valence-corrected chi connectivity index (χ4v) is 0. The van der Waals surface area contributed by atoms with Gasteiger partial charge in [0.05, 0.1) is 0 Å². The van der Waals surface area contributed by atoms with Crippen LogP contribution in [0.5, 0.6) is 0 Å². The van der Waals surface area contributed by atoms with Gasteiger partial charge in [-0.15, -0.1) is 0 Å². The zero-order valence-electron chi connectivity index (χ0n) is 3.10. The van der Waals surface area contributed by atoms with Gasteiger partial charge in [-0.05, 0) is 0 Å². The summed E-state index contributed by atoms with van der Waals surface area (Å²) in [6.07, 6.45) is 0. The summed E-state index contributed by atoms with van der Waals surface area (Å²) in [5.41, 5.74) is 0. The van der Waals surface area contributed by atoms with Crippen LogP contribution in [0, 0.1) is 10.8 Å². The molecule has 7 heavy (non-hydrogen) atoms. The van der Waals surface area contributed by atoms with E-state index in [0.29, 0.717) is 0 Å². The zero-order chi connectivity index (χ0) is 3.58. The molecule has 0 aliphatic carbocycles. The van der Waals surface area contributed by atoms with E-state index in [-0.39, 0.29) is 62.6 Å². The topological polar surface area (TPSA) is 66.3 Å². The Balaban J connectivity index is -0.0000000150. The van der Waals surface area contributed by atoms with Crippen molar-refractivity contribution in [1.82, 2.24) is 0 Å². The molecule has 42 valence electrons. The molecule has 0 aliphatic rings. The monoisotopic (exact) mass is 194 g/mol. The molecule has 0 amide bonds. The van der Waals surface area contributed by atoms with Crippen molar-refractivity contribution in [2.24, 2.45) is 0 Å². The molecule has 0 aromatic heterocycles. The average molecular weight is 195 g/mol. The molecule has 0 fully saturated rings.